The molecule has 0 saturated carbocycles. The summed E-state index contributed by atoms with van der Waals surface area (Å²) in [5.74, 6) is -1.69. The van der Waals surface area contributed by atoms with Gasteiger partial charge >= 0.3 is 0 Å². The molecule has 7 heteroatoms. The maximum atomic E-state index is 14.6. The van der Waals surface area contributed by atoms with Crippen molar-refractivity contribution < 1.29 is 14.4 Å². The zero-order valence-corrected chi connectivity index (χ0v) is 21.6. The third-order valence-corrected chi connectivity index (χ3v) is 9.15. The number of anilines is 1. The second-order valence-electron chi connectivity index (χ2n) is 9.80. The molecule has 1 N–H and O–H groups in total. The molecule has 0 aliphatic carbocycles. The Bertz CT molecular complexity index is 1650. The molecule has 3 aliphatic heterocycles. The van der Waals surface area contributed by atoms with E-state index < -0.39 is 23.4 Å². The van der Waals surface area contributed by atoms with Gasteiger partial charge in [0.15, 0.2) is 11.6 Å². The van der Waals surface area contributed by atoms with Gasteiger partial charge in [-0.05, 0) is 64.5 Å². The van der Waals surface area contributed by atoms with E-state index in [1.165, 1.54) is 11.3 Å². The number of benzene rings is 3. The van der Waals surface area contributed by atoms with E-state index >= 15 is 0 Å². The van der Waals surface area contributed by atoms with Crippen LogP contribution in [0.15, 0.2) is 96.5 Å². The van der Waals surface area contributed by atoms with E-state index in [0.29, 0.717) is 21.2 Å². The summed E-state index contributed by atoms with van der Waals surface area (Å²) < 4.78 is 0. The fourth-order valence-corrected chi connectivity index (χ4v) is 7.35. The largest absolute Gasteiger partial charge is 0.358 e. The third-order valence-electron chi connectivity index (χ3n) is 8.01. The van der Waals surface area contributed by atoms with Crippen LogP contribution in [0.4, 0.5) is 5.69 Å². The number of Topliss-reactive ketones (excluding diaryl/α,β-unsaturated/α-hetero) is 2. The number of rotatable bonds is 4. The maximum Gasteiger partial charge on any atom is 0.238 e. The van der Waals surface area contributed by atoms with E-state index in [1.54, 1.807) is 30.3 Å². The quantitative estimate of drug-likeness (QED) is 0.307. The summed E-state index contributed by atoms with van der Waals surface area (Å²) >= 11 is 7.49. The molecule has 1 saturated heterocycles. The highest BCUT2D eigenvalue weighted by Gasteiger charge is 2.70. The van der Waals surface area contributed by atoms with Crippen LogP contribution >= 0.6 is 22.9 Å². The fraction of sp³-hybridized carbons (Fsp3) is 0.129. The van der Waals surface area contributed by atoms with Gasteiger partial charge in [0.25, 0.3) is 0 Å². The van der Waals surface area contributed by atoms with Crippen LogP contribution in [0.1, 0.15) is 42.8 Å². The molecule has 4 atom stereocenters. The van der Waals surface area contributed by atoms with Crippen molar-refractivity contribution in [1.82, 2.24) is 4.90 Å². The van der Waals surface area contributed by atoms with E-state index in [-0.39, 0.29) is 17.5 Å². The van der Waals surface area contributed by atoms with Crippen molar-refractivity contribution in [2.75, 3.05) is 5.32 Å². The summed E-state index contributed by atoms with van der Waals surface area (Å²) in [5.41, 5.74) is 2.37. The van der Waals surface area contributed by atoms with Crippen LogP contribution in [0.25, 0.3) is 6.08 Å². The smallest absolute Gasteiger partial charge is 0.238 e. The summed E-state index contributed by atoms with van der Waals surface area (Å²) in [7, 11) is 0. The summed E-state index contributed by atoms with van der Waals surface area (Å²) in [4.78, 5) is 45.7. The van der Waals surface area contributed by atoms with Crippen LogP contribution in [-0.2, 0) is 10.2 Å². The lowest BCUT2D eigenvalue weighted by atomic mass is 9.63. The van der Waals surface area contributed by atoms with E-state index in [0.717, 1.165) is 16.7 Å². The number of carbonyl (C=O) groups is 3. The zero-order valence-electron chi connectivity index (χ0n) is 20.0. The Morgan fingerprint density at radius 2 is 1.66 bits per heavy atom. The molecule has 5 nitrogen and oxygen atoms in total. The van der Waals surface area contributed by atoms with Crippen molar-refractivity contribution in [2.24, 2.45) is 5.92 Å². The molecule has 1 aromatic heterocycles. The van der Waals surface area contributed by atoms with E-state index in [2.05, 4.69) is 5.32 Å². The molecule has 0 unspecified atom stereocenters. The van der Waals surface area contributed by atoms with Crippen LogP contribution in [0, 0.1) is 5.92 Å². The van der Waals surface area contributed by atoms with E-state index in [9.17, 15) is 14.4 Å². The minimum absolute atomic E-state index is 0.171. The first-order valence-electron chi connectivity index (χ1n) is 12.3. The minimum Gasteiger partial charge on any atom is -0.358 e. The first-order valence-corrected chi connectivity index (χ1v) is 13.6. The molecule has 4 aromatic rings. The Morgan fingerprint density at radius 3 is 2.45 bits per heavy atom. The SMILES string of the molecule is O=C(c1cccs1)[C@@H]1[C@@H](C(=O)c2ccc(Cl)cc2)[C@@]2(C(=O)Nc3ccccc32)[C@H]2c3ccccc3C=CN12. The number of amides is 1. The molecule has 4 heterocycles. The Balaban J connectivity index is 1.55. The number of nitrogens with zero attached hydrogens (tertiary/aromatic N) is 1. The number of para-hydroxylation sites is 1. The lowest BCUT2D eigenvalue weighted by molar-refractivity contribution is -0.122. The van der Waals surface area contributed by atoms with Gasteiger partial charge in [-0.1, -0.05) is 60.1 Å². The Hall–Kier alpha value is -4.00. The second-order valence-corrected chi connectivity index (χ2v) is 11.2. The highest BCUT2D eigenvalue weighted by Crippen LogP contribution is 2.62. The van der Waals surface area contributed by atoms with Crippen LogP contribution in [0.5, 0.6) is 0 Å². The first kappa shape index (κ1) is 23.1. The number of ketones is 2. The molecule has 1 fully saturated rings. The molecule has 1 amide bonds. The van der Waals surface area contributed by atoms with Gasteiger partial charge in [-0.2, -0.15) is 0 Å². The van der Waals surface area contributed by atoms with Gasteiger partial charge in [0, 0.05) is 22.5 Å². The monoisotopic (exact) mass is 536 g/mol. The molecular formula is C31H21ClN2O3S. The van der Waals surface area contributed by atoms with Crippen molar-refractivity contribution in [3.05, 3.63) is 129 Å². The number of hydrogen-bond acceptors (Lipinski definition) is 5. The number of halogens is 1. The Labute approximate surface area is 228 Å². The zero-order chi connectivity index (χ0) is 26.0. The molecule has 0 radical (unpaired) electrons. The highest BCUT2D eigenvalue weighted by molar-refractivity contribution is 7.12. The summed E-state index contributed by atoms with van der Waals surface area (Å²) in [6.07, 6.45) is 3.84. The normalized spacial score (nSPS) is 24.6. The molecule has 0 bridgehead atoms. The van der Waals surface area contributed by atoms with Gasteiger partial charge in [-0.25, -0.2) is 0 Å². The summed E-state index contributed by atoms with van der Waals surface area (Å²) in [6.45, 7) is 0. The van der Waals surface area contributed by atoms with Crippen LogP contribution in [-0.4, -0.2) is 28.4 Å². The molecule has 1 spiro atoms. The lowest BCUT2D eigenvalue weighted by Crippen LogP contribution is -2.49. The van der Waals surface area contributed by atoms with Gasteiger partial charge in [-0.3, -0.25) is 14.4 Å². The van der Waals surface area contributed by atoms with Gasteiger partial charge in [0.05, 0.1) is 16.8 Å². The molecule has 3 aliphatic rings. The van der Waals surface area contributed by atoms with Crippen molar-refractivity contribution in [1.29, 1.82) is 0 Å². The number of hydrogen-bond donors (Lipinski definition) is 1. The Kier molecular flexibility index (Phi) is 5.18. The van der Waals surface area contributed by atoms with Crippen LogP contribution in [0.3, 0.4) is 0 Å². The van der Waals surface area contributed by atoms with Gasteiger partial charge in [-0.15, -0.1) is 11.3 Å². The third kappa shape index (κ3) is 3.08. The summed E-state index contributed by atoms with van der Waals surface area (Å²) in [6, 6.07) is 24.2. The highest BCUT2D eigenvalue weighted by atomic mass is 35.5. The van der Waals surface area contributed by atoms with Crippen molar-refractivity contribution in [2.45, 2.75) is 17.5 Å². The Morgan fingerprint density at radius 1 is 0.895 bits per heavy atom. The van der Waals surface area contributed by atoms with Crippen LogP contribution < -0.4 is 5.32 Å². The van der Waals surface area contributed by atoms with Gasteiger partial charge in [0.2, 0.25) is 5.91 Å². The predicted octanol–water partition coefficient (Wildman–Crippen LogP) is 6.38. The molecule has 7 rings (SSSR count). The molecule has 186 valence electrons. The minimum atomic E-state index is -1.33. The maximum absolute atomic E-state index is 14.6. The van der Waals surface area contributed by atoms with Gasteiger partial charge in [0.1, 0.15) is 11.5 Å². The number of nitrogens with one attached hydrogen (secondary N) is 1. The average molecular weight is 537 g/mol. The number of carbonyl (C=O) groups excluding carboxylic acids is 3. The molecular weight excluding hydrogens is 516 g/mol. The summed E-state index contributed by atoms with van der Waals surface area (Å²) in [5, 5.41) is 5.42. The average Bonchev–Trinajstić information content (AvgIpc) is 3.65. The number of fused-ring (bicyclic) bond motifs is 6. The van der Waals surface area contributed by atoms with Gasteiger partial charge < -0.3 is 10.2 Å². The predicted molar refractivity (Wildman–Crippen MR) is 149 cm³/mol. The molecule has 3 aromatic carbocycles. The number of thiophene rings is 1. The lowest BCUT2D eigenvalue weighted by Gasteiger charge is -2.38. The van der Waals surface area contributed by atoms with Crippen molar-refractivity contribution in [3.63, 3.8) is 0 Å². The second kappa shape index (κ2) is 8.51. The topological polar surface area (TPSA) is 66.5 Å². The molecule has 38 heavy (non-hydrogen) atoms. The standard InChI is InChI=1S/C31H21ClN2O3S/c32-20-13-11-19(12-14-20)27(35)25-26(28(36)24-10-5-17-38-24)34-16-15-18-6-1-2-7-21(18)29(34)31(25)22-8-3-4-9-23(22)33-30(31)37/h1-17,25-26,29H,(H,33,37)/t25-,26-,29+,31+/m0/s1. The van der Waals surface area contributed by atoms with Crippen molar-refractivity contribution in [3.8, 4) is 0 Å². The first-order chi connectivity index (χ1) is 18.5. The fourth-order valence-electron chi connectivity index (χ4n) is 6.53. The van der Waals surface area contributed by atoms with E-state index in [4.69, 9.17) is 11.6 Å². The van der Waals surface area contributed by atoms with E-state index in [1.807, 2.05) is 77.2 Å². The van der Waals surface area contributed by atoms with Crippen LogP contribution in [0.2, 0.25) is 5.02 Å². The van der Waals surface area contributed by atoms with Crippen molar-refractivity contribution >= 4 is 52.2 Å².